The first-order valence-electron chi connectivity index (χ1n) is 5.94. The molecule has 0 aliphatic carbocycles. The highest BCUT2D eigenvalue weighted by molar-refractivity contribution is 5.93. The van der Waals surface area contributed by atoms with Gasteiger partial charge in [-0.2, -0.15) is 0 Å². The SMILES string of the molecule is C/C=C/CCc1cc(O)c(CC)c(O)c1C(=O)O. The molecule has 4 nitrogen and oxygen atoms in total. The molecular weight excluding hydrogens is 232 g/mol. The molecule has 0 aromatic heterocycles. The number of carboxylic acids is 1. The van der Waals surface area contributed by atoms with Crippen LogP contribution in [0.25, 0.3) is 0 Å². The van der Waals surface area contributed by atoms with Gasteiger partial charge in [0.25, 0.3) is 0 Å². The van der Waals surface area contributed by atoms with E-state index in [9.17, 15) is 15.0 Å². The summed E-state index contributed by atoms with van der Waals surface area (Å²) in [7, 11) is 0. The summed E-state index contributed by atoms with van der Waals surface area (Å²) < 4.78 is 0. The van der Waals surface area contributed by atoms with Crippen molar-refractivity contribution in [1.82, 2.24) is 0 Å². The van der Waals surface area contributed by atoms with E-state index in [4.69, 9.17) is 5.11 Å². The van der Waals surface area contributed by atoms with Crippen LogP contribution >= 0.6 is 0 Å². The molecule has 0 radical (unpaired) electrons. The maximum absolute atomic E-state index is 11.2. The van der Waals surface area contributed by atoms with E-state index in [-0.39, 0.29) is 22.6 Å². The summed E-state index contributed by atoms with van der Waals surface area (Å²) in [4.78, 5) is 11.2. The van der Waals surface area contributed by atoms with Crippen molar-refractivity contribution in [3.8, 4) is 11.5 Å². The highest BCUT2D eigenvalue weighted by Crippen LogP contribution is 2.34. The van der Waals surface area contributed by atoms with Crippen molar-refractivity contribution in [2.45, 2.75) is 33.1 Å². The predicted molar refractivity (Wildman–Crippen MR) is 69.2 cm³/mol. The minimum absolute atomic E-state index is 0.0459. The Kier molecular flexibility index (Phi) is 4.77. The summed E-state index contributed by atoms with van der Waals surface area (Å²) in [5.41, 5.74) is 0.629. The first kappa shape index (κ1) is 14.1. The smallest absolute Gasteiger partial charge is 0.339 e. The number of aromatic carboxylic acids is 1. The van der Waals surface area contributed by atoms with Gasteiger partial charge in [-0.05, 0) is 37.8 Å². The van der Waals surface area contributed by atoms with Crippen molar-refractivity contribution in [3.63, 3.8) is 0 Å². The lowest BCUT2D eigenvalue weighted by molar-refractivity contribution is 0.0692. The molecule has 0 fully saturated rings. The molecule has 18 heavy (non-hydrogen) atoms. The fraction of sp³-hybridized carbons (Fsp3) is 0.357. The standard InChI is InChI=1S/C14H18O4/c1-3-5-6-7-9-8-11(15)10(4-2)13(16)12(9)14(17)18/h3,5,8,15-16H,4,6-7H2,1-2H3,(H,17,18)/b5-3+. The third-order valence-electron chi connectivity index (χ3n) is 2.85. The fourth-order valence-corrected chi connectivity index (χ4v) is 1.94. The number of allylic oxidation sites excluding steroid dienone is 2. The lowest BCUT2D eigenvalue weighted by Crippen LogP contribution is -2.05. The largest absolute Gasteiger partial charge is 0.508 e. The number of hydrogen-bond donors (Lipinski definition) is 3. The van der Waals surface area contributed by atoms with Crippen LogP contribution < -0.4 is 0 Å². The van der Waals surface area contributed by atoms with Gasteiger partial charge < -0.3 is 15.3 Å². The minimum atomic E-state index is -1.17. The molecule has 0 bridgehead atoms. The average molecular weight is 250 g/mol. The Morgan fingerprint density at radius 3 is 2.56 bits per heavy atom. The van der Waals surface area contributed by atoms with E-state index in [1.165, 1.54) is 6.07 Å². The fourth-order valence-electron chi connectivity index (χ4n) is 1.94. The molecular formula is C14H18O4. The summed E-state index contributed by atoms with van der Waals surface area (Å²) in [6, 6.07) is 1.44. The van der Waals surface area contributed by atoms with Crippen LogP contribution in [0.1, 0.15) is 41.8 Å². The van der Waals surface area contributed by atoms with Crippen LogP contribution in [0.2, 0.25) is 0 Å². The number of aryl methyl sites for hydroxylation is 1. The van der Waals surface area contributed by atoms with Gasteiger partial charge in [-0.15, -0.1) is 0 Å². The molecule has 98 valence electrons. The molecule has 0 aliphatic rings. The van der Waals surface area contributed by atoms with Crippen LogP contribution in [0.3, 0.4) is 0 Å². The Balaban J connectivity index is 3.28. The first-order valence-corrected chi connectivity index (χ1v) is 5.94. The Hall–Kier alpha value is -1.97. The van der Waals surface area contributed by atoms with Crippen molar-refractivity contribution in [2.75, 3.05) is 0 Å². The van der Waals surface area contributed by atoms with Gasteiger partial charge in [0.05, 0.1) is 0 Å². The Bertz CT molecular complexity index is 475. The van der Waals surface area contributed by atoms with E-state index in [0.29, 0.717) is 24.8 Å². The zero-order valence-corrected chi connectivity index (χ0v) is 10.6. The molecule has 0 unspecified atom stereocenters. The topological polar surface area (TPSA) is 77.8 Å². The van der Waals surface area contributed by atoms with E-state index >= 15 is 0 Å². The number of phenolic OH excluding ortho intramolecular Hbond substituents is 1. The number of hydrogen-bond acceptors (Lipinski definition) is 3. The lowest BCUT2D eigenvalue weighted by atomic mass is 9.96. The summed E-state index contributed by atoms with van der Waals surface area (Å²) >= 11 is 0. The zero-order valence-electron chi connectivity index (χ0n) is 10.6. The molecule has 0 saturated carbocycles. The van der Waals surface area contributed by atoms with Gasteiger partial charge in [0, 0.05) is 5.56 Å². The van der Waals surface area contributed by atoms with Gasteiger partial charge in [0.1, 0.15) is 17.1 Å². The number of aromatic hydroxyl groups is 2. The highest BCUT2D eigenvalue weighted by atomic mass is 16.4. The molecule has 1 rings (SSSR count). The van der Waals surface area contributed by atoms with Crippen LogP contribution in [-0.4, -0.2) is 21.3 Å². The van der Waals surface area contributed by atoms with Crippen molar-refractivity contribution in [1.29, 1.82) is 0 Å². The van der Waals surface area contributed by atoms with Crippen LogP contribution in [0, 0.1) is 0 Å². The maximum Gasteiger partial charge on any atom is 0.339 e. The van der Waals surface area contributed by atoms with Crippen LogP contribution in [0.4, 0.5) is 0 Å². The molecule has 1 aromatic rings. The molecule has 0 saturated heterocycles. The van der Waals surface area contributed by atoms with Gasteiger partial charge >= 0.3 is 5.97 Å². The summed E-state index contributed by atoms with van der Waals surface area (Å²) in [6.45, 7) is 3.63. The number of rotatable bonds is 5. The Labute approximate surface area is 106 Å². The number of carboxylic acid groups (broad SMARTS) is 1. The van der Waals surface area contributed by atoms with E-state index in [2.05, 4.69) is 0 Å². The monoisotopic (exact) mass is 250 g/mol. The normalized spacial score (nSPS) is 11.0. The summed E-state index contributed by atoms with van der Waals surface area (Å²) in [5, 5.41) is 28.8. The minimum Gasteiger partial charge on any atom is -0.508 e. The number of phenols is 2. The van der Waals surface area contributed by atoms with Crippen molar-refractivity contribution >= 4 is 5.97 Å². The van der Waals surface area contributed by atoms with Crippen LogP contribution in [0.15, 0.2) is 18.2 Å². The predicted octanol–water partition coefficient (Wildman–Crippen LogP) is 2.87. The number of carbonyl (C=O) groups is 1. The molecule has 0 aliphatic heterocycles. The molecule has 3 N–H and O–H groups in total. The third kappa shape index (κ3) is 2.83. The van der Waals surface area contributed by atoms with Gasteiger partial charge in [-0.1, -0.05) is 19.1 Å². The molecule has 0 amide bonds. The highest BCUT2D eigenvalue weighted by Gasteiger charge is 2.20. The van der Waals surface area contributed by atoms with Gasteiger partial charge in [-0.25, -0.2) is 4.79 Å². The molecule has 1 aromatic carbocycles. The van der Waals surface area contributed by atoms with Crippen molar-refractivity contribution in [3.05, 3.63) is 34.9 Å². The van der Waals surface area contributed by atoms with Crippen LogP contribution in [0.5, 0.6) is 11.5 Å². The van der Waals surface area contributed by atoms with Crippen LogP contribution in [-0.2, 0) is 12.8 Å². The molecule has 0 atom stereocenters. The average Bonchev–Trinajstić information content (AvgIpc) is 2.28. The van der Waals surface area contributed by atoms with E-state index in [1.807, 2.05) is 19.1 Å². The maximum atomic E-state index is 11.2. The second-order valence-electron chi connectivity index (χ2n) is 4.02. The third-order valence-corrected chi connectivity index (χ3v) is 2.85. The van der Waals surface area contributed by atoms with E-state index < -0.39 is 5.97 Å². The Morgan fingerprint density at radius 2 is 2.06 bits per heavy atom. The zero-order chi connectivity index (χ0) is 13.7. The quantitative estimate of drug-likeness (QED) is 0.702. The van der Waals surface area contributed by atoms with Crippen molar-refractivity contribution in [2.24, 2.45) is 0 Å². The van der Waals surface area contributed by atoms with Gasteiger partial charge in [0.15, 0.2) is 0 Å². The Morgan fingerprint density at radius 1 is 1.39 bits per heavy atom. The van der Waals surface area contributed by atoms with E-state index in [1.54, 1.807) is 6.92 Å². The number of benzene rings is 1. The van der Waals surface area contributed by atoms with Gasteiger partial charge in [0.2, 0.25) is 0 Å². The van der Waals surface area contributed by atoms with Gasteiger partial charge in [-0.3, -0.25) is 0 Å². The molecule has 4 heteroatoms. The second-order valence-corrected chi connectivity index (χ2v) is 4.02. The summed E-state index contributed by atoms with van der Waals surface area (Å²) in [6.07, 6.45) is 5.30. The van der Waals surface area contributed by atoms with E-state index in [0.717, 1.165) is 0 Å². The second kappa shape index (κ2) is 6.10. The molecule has 0 heterocycles. The summed E-state index contributed by atoms with van der Waals surface area (Å²) in [5.74, 6) is -1.53. The molecule has 0 spiro atoms. The lowest BCUT2D eigenvalue weighted by Gasteiger charge is -2.12. The first-order chi connectivity index (χ1) is 8.52. The van der Waals surface area contributed by atoms with Crippen molar-refractivity contribution < 1.29 is 20.1 Å².